The van der Waals surface area contributed by atoms with Crippen molar-refractivity contribution in [3.63, 3.8) is 0 Å². The van der Waals surface area contributed by atoms with Crippen molar-refractivity contribution in [2.24, 2.45) is 0 Å². The van der Waals surface area contributed by atoms with Crippen molar-refractivity contribution in [1.29, 1.82) is 0 Å². The molecule has 0 amide bonds. The maximum absolute atomic E-state index is 12.1. The Kier molecular flexibility index (Phi) is 4.00. The second-order valence-corrected chi connectivity index (χ2v) is 10.4. The fraction of sp³-hybridized carbons (Fsp3) is 0.312. The van der Waals surface area contributed by atoms with E-state index in [-0.39, 0.29) is 5.97 Å². The summed E-state index contributed by atoms with van der Waals surface area (Å²) in [6.45, 7) is 8.70. The van der Waals surface area contributed by atoms with Crippen LogP contribution in [-0.4, -0.2) is 25.2 Å². The Morgan fingerprint density at radius 1 is 1.30 bits per heavy atom. The lowest BCUT2D eigenvalue weighted by atomic mass is 10.2. The Morgan fingerprint density at radius 3 is 2.65 bits per heavy atom. The fourth-order valence-corrected chi connectivity index (χ4v) is 2.30. The van der Waals surface area contributed by atoms with E-state index >= 15 is 0 Å². The van der Waals surface area contributed by atoms with Gasteiger partial charge in [0.1, 0.15) is 13.8 Å². The van der Waals surface area contributed by atoms with E-state index in [1.807, 2.05) is 30.3 Å². The van der Waals surface area contributed by atoms with E-state index in [1.165, 1.54) is 0 Å². The van der Waals surface area contributed by atoms with E-state index in [0.29, 0.717) is 12.3 Å². The zero-order chi connectivity index (χ0) is 14.8. The number of benzene rings is 1. The molecule has 0 saturated carbocycles. The molecule has 0 N–H and O–H groups in total. The highest BCUT2D eigenvalue weighted by atomic mass is 28.3. The maximum atomic E-state index is 12.1. The Balaban J connectivity index is 2.61. The molecule has 2 rings (SSSR count). The quantitative estimate of drug-likeness (QED) is 0.480. The van der Waals surface area contributed by atoms with Gasteiger partial charge in [0.25, 0.3) is 0 Å². The zero-order valence-electron chi connectivity index (χ0n) is 12.4. The van der Waals surface area contributed by atoms with E-state index in [9.17, 15) is 4.79 Å². The molecule has 0 saturated heterocycles. The largest absolute Gasteiger partial charge is 0.461 e. The van der Waals surface area contributed by atoms with Crippen LogP contribution < -0.4 is 0 Å². The summed E-state index contributed by atoms with van der Waals surface area (Å²) >= 11 is 0. The van der Waals surface area contributed by atoms with Crippen LogP contribution in [0, 0.1) is 11.6 Å². The van der Waals surface area contributed by atoms with Crippen molar-refractivity contribution in [3.8, 4) is 11.6 Å². The summed E-state index contributed by atoms with van der Waals surface area (Å²) in [4.78, 5) is 12.1. The number of carbonyl (C=O) groups is 1. The molecule has 0 unspecified atom stereocenters. The number of hydrogen-bond donors (Lipinski definition) is 0. The van der Waals surface area contributed by atoms with Gasteiger partial charge in [-0.25, -0.2) is 4.79 Å². The van der Waals surface area contributed by atoms with E-state index in [4.69, 9.17) is 4.74 Å². The van der Waals surface area contributed by atoms with Crippen molar-refractivity contribution in [2.75, 3.05) is 6.61 Å². The molecule has 20 heavy (non-hydrogen) atoms. The molecular formula is C16H19NO2Si. The molecule has 0 radical (unpaired) electrons. The summed E-state index contributed by atoms with van der Waals surface area (Å²) < 4.78 is 6.87. The summed E-state index contributed by atoms with van der Waals surface area (Å²) in [6.07, 6.45) is 0. The standard InChI is InChI=1S/C16H19NO2Si/c1-5-19-16(18)15-12-13-8-6-7-9-14(13)17(15)10-11-20(2,3)4/h6-9,12H,5H2,1-4H3. The third-order valence-electron chi connectivity index (χ3n) is 2.74. The van der Waals surface area contributed by atoms with Crippen LogP contribution in [-0.2, 0) is 4.74 Å². The lowest BCUT2D eigenvalue weighted by Gasteiger charge is -2.06. The van der Waals surface area contributed by atoms with Gasteiger partial charge in [-0.05, 0) is 19.1 Å². The van der Waals surface area contributed by atoms with E-state index in [1.54, 1.807) is 11.5 Å². The monoisotopic (exact) mass is 285 g/mol. The number of nitrogens with zero attached hydrogens (tertiary/aromatic N) is 1. The van der Waals surface area contributed by atoms with Gasteiger partial charge in [-0.3, -0.25) is 4.57 Å². The van der Waals surface area contributed by atoms with E-state index < -0.39 is 8.07 Å². The zero-order valence-corrected chi connectivity index (χ0v) is 13.4. The first kappa shape index (κ1) is 14.4. The van der Waals surface area contributed by atoms with Gasteiger partial charge in [0.2, 0.25) is 0 Å². The molecule has 0 atom stereocenters. The molecule has 0 aliphatic carbocycles. The van der Waals surface area contributed by atoms with Crippen LogP contribution in [0.15, 0.2) is 30.3 Å². The number of rotatable bonds is 2. The number of esters is 1. The van der Waals surface area contributed by atoms with E-state index in [0.717, 1.165) is 10.9 Å². The predicted molar refractivity (Wildman–Crippen MR) is 84.4 cm³/mol. The molecule has 0 bridgehead atoms. The highest BCUT2D eigenvalue weighted by molar-refractivity contribution is 6.83. The smallest absolute Gasteiger partial charge is 0.355 e. The van der Waals surface area contributed by atoms with Crippen molar-refractivity contribution in [3.05, 3.63) is 36.0 Å². The average molecular weight is 285 g/mol. The van der Waals surface area contributed by atoms with Gasteiger partial charge in [0.05, 0.1) is 12.1 Å². The van der Waals surface area contributed by atoms with Gasteiger partial charge >= 0.3 is 5.97 Å². The van der Waals surface area contributed by atoms with Crippen molar-refractivity contribution < 1.29 is 9.53 Å². The number of carbonyl (C=O) groups excluding carboxylic acids is 1. The van der Waals surface area contributed by atoms with Crippen molar-refractivity contribution in [2.45, 2.75) is 26.6 Å². The molecule has 2 aromatic rings. The third kappa shape index (κ3) is 3.12. The molecule has 1 heterocycles. The number of aromatic nitrogens is 1. The lowest BCUT2D eigenvalue weighted by Crippen LogP contribution is -2.17. The van der Waals surface area contributed by atoms with Crippen LogP contribution in [0.5, 0.6) is 0 Å². The van der Waals surface area contributed by atoms with Crippen LogP contribution >= 0.6 is 0 Å². The first-order valence-electron chi connectivity index (χ1n) is 6.73. The van der Waals surface area contributed by atoms with Gasteiger partial charge in [-0.1, -0.05) is 37.8 Å². The molecule has 0 spiro atoms. The van der Waals surface area contributed by atoms with Gasteiger partial charge < -0.3 is 4.74 Å². The minimum atomic E-state index is -1.51. The predicted octanol–water partition coefficient (Wildman–Crippen LogP) is 3.50. The molecule has 1 aromatic heterocycles. The molecule has 0 aliphatic heterocycles. The van der Waals surface area contributed by atoms with Crippen LogP contribution in [0.1, 0.15) is 17.4 Å². The van der Waals surface area contributed by atoms with Gasteiger partial charge in [0, 0.05) is 11.4 Å². The number of para-hydroxylation sites is 1. The molecular weight excluding hydrogens is 266 g/mol. The van der Waals surface area contributed by atoms with Crippen molar-refractivity contribution >= 4 is 24.9 Å². The number of hydrogen-bond acceptors (Lipinski definition) is 2. The molecule has 4 heteroatoms. The molecule has 104 valence electrons. The molecule has 0 fully saturated rings. The number of ether oxygens (including phenoxy) is 1. The van der Waals surface area contributed by atoms with Crippen LogP contribution in [0.3, 0.4) is 0 Å². The summed E-state index contributed by atoms with van der Waals surface area (Å²) in [6, 6.07) is 12.8. The highest BCUT2D eigenvalue weighted by Gasteiger charge is 2.16. The van der Waals surface area contributed by atoms with Crippen molar-refractivity contribution in [1.82, 2.24) is 4.57 Å². The average Bonchev–Trinajstić information content (AvgIpc) is 2.74. The second kappa shape index (κ2) is 5.56. The van der Waals surface area contributed by atoms with Gasteiger partial charge in [-0.15, -0.1) is 5.54 Å². The summed E-state index contributed by atoms with van der Waals surface area (Å²) in [5, 5.41) is 1.00. The Hall–Kier alpha value is -1.99. The minimum absolute atomic E-state index is 0.325. The fourth-order valence-electron chi connectivity index (χ4n) is 1.85. The van der Waals surface area contributed by atoms with Crippen LogP contribution in [0.25, 0.3) is 10.9 Å². The topological polar surface area (TPSA) is 31.2 Å². The molecule has 1 aromatic carbocycles. The summed E-state index contributed by atoms with van der Waals surface area (Å²) in [5.41, 5.74) is 4.74. The van der Waals surface area contributed by atoms with Crippen LogP contribution in [0.2, 0.25) is 19.6 Å². The SMILES string of the molecule is CCOC(=O)c1cc2ccccc2n1C#C[Si](C)(C)C. The number of fused-ring (bicyclic) bond motifs is 1. The van der Waals surface area contributed by atoms with Gasteiger partial charge in [0.15, 0.2) is 0 Å². The first-order valence-corrected chi connectivity index (χ1v) is 10.2. The minimum Gasteiger partial charge on any atom is -0.461 e. The maximum Gasteiger partial charge on any atom is 0.355 e. The second-order valence-electron chi connectivity index (χ2n) is 5.63. The highest BCUT2D eigenvalue weighted by Crippen LogP contribution is 2.19. The van der Waals surface area contributed by atoms with E-state index in [2.05, 4.69) is 31.2 Å². The third-order valence-corrected chi connectivity index (χ3v) is 3.60. The first-order chi connectivity index (χ1) is 9.42. The lowest BCUT2D eigenvalue weighted by molar-refractivity contribution is 0.0518. The summed E-state index contributed by atoms with van der Waals surface area (Å²) in [7, 11) is -1.51. The normalized spacial score (nSPS) is 11.0. The van der Waals surface area contributed by atoms with Gasteiger partial charge in [-0.2, -0.15) is 0 Å². The summed E-state index contributed by atoms with van der Waals surface area (Å²) in [5.74, 6) is -0.325. The Bertz CT molecular complexity index is 699. The molecule has 0 aliphatic rings. The molecule has 3 nitrogen and oxygen atoms in total. The van der Waals surface area contributed by atoms with Crippen LogP contribution in [0.4, 0.5) is 0 Å². The Labute approximate surface area is 120 Å². The Morgan fingerprint density at radius 2 is 2.00 bits per heavy atom.